The van der Waals surface area contributed by atoms with Crippen molar-refractivity contribution in [3.63, 3.8) is 0 Å². The van der Waals surface area contributed by atoms with Gasteiger partial charge in [0.25, 0.3) is 0 Å². The number of aliphatic carboxylic acids is 1. The molecule has 0 aliphatic carbocycles. The largest absolute Gasteiger partial charge is 0.481 e. The predicted octanol–water partition coefficient (Wildman–Crippen LogP) is 6.44. The van der Waals surface area contributed by atoms with Gasteiger partial charge in [0.2, 0.25) is 12.7 Å². The van der Waals surface area contributed by atoms with Crippen LogP contribution in [-0.2, 0) is 19.1 Å². The van der Waals surface area contributed by atoms with Gasteiger partial charge in [0.1, 0.15) is 5.82 Å². The van der Waals surface area contributed by atoms with E-state index in [1.807, 2.05) is 29.7 Å². The van der Waals surface area contributed by atoms with Crippen LogP contribution in [0.1, 0.15) is 65.9 Å². The number of nitrogens with zero attached hydrogens (tertiary/aromatic N) is 2. The third-order valence-electron chi connectivity index (χ3n) is 7.20. The molecule has 216 valence electrons. The lowest BCUT2D eigenvalue weighted by molar-refractivity contribution is -0.143. The van der Waals surface area contributed by atoms with E-state index in [2.05, 4.69) is 13.8 Å². The maximum atomic E-state index is 14.1. The minimum absolute atomic E-state index is 0.00820. The third kappa shape index (κ3) is 9.24. The Kier molecular flexibility index (Phi) is 13.2. The number of carboxylic acid groups (broad SMARTS) is 1. The van der Waals surface area contributed by atoms with Gasteiger partial charge in [0.05, 0.1) is 24.5 Å². The van der Waals surface area contributed by atoms with E-state index >= 15 is 0 Å². The average Bonchev–Trinajstić information content (AvgIpc) is 3.19. The zero-order chi connectivity index (χ0) is 28.9. The van der Waals surface area contributed by atoms with Crippen LogP contribution < -0.4 is 4.90 Å². The number of aryl methyl sites for hydroxylation is 1. The Labute approximate surface area is 233 Å². The number of ether oxygens (including phenoxy) is 2. The normalized spacial score (nSPS) is 20.3. The molecule has 0 spiro atoms. The van der Waals surface area contributed by atoms with Gasteiger partial charge < -0.3 is 19.5 Å². The van der Waals surface area contributed by atoms with Crippen LogP contribution in [0.4, 0.5) is 10.1 Å². The molecule has 3 atom stereocenters. The maximum absolute atomic E-state index is 14.1. The number of benzene rings is 1. The predicted molar refractivity (Wildman–Crippen MR) is 153 cm³/mol. The number of allylic oxidation sites excluding steroid dienone is 4. The maximum Gasteiger partial charge on any atom is 0.308 e. The molecule has 1 aliphatic heterocycles. The zero-order valence-electron chi connectivity index (χ0n) is 24.2. The highest BCUT2D eigenvalue weighted by molar-refractivity contribution is 5.95. The Morgan fingerprint density at radius 1 is 1.26 bits per heavy atom. The van der Waals surface area contributed by atoms with Crippen LogP contribution in [0.15, 0.2) is 54.5 Å². The minimum atomic E-state index is -0.885. The molecule has 1 aromatic rings. The molecule has 8 heteroatoms. The van der Waals surface area contributed by atoms with E-state index in [0.29, 0.717) is 23.6 Å². The summed E-state index contributed by atoms with van der Waals surface area (Å²) in [5.74, 6) is -1.56. The van der Waals surface area contributed by atoms with Gasteiger partial charge in [-0.1, -0.05) is 44.9 Å². The van der Waals surface area contributed by atoms with Crippen LogP contribution in [0.25, 0.3) is 0 Å². The van der Waals surface area contributed by atoms with Crippen LogP contribution in [0.3, 0.4) is 0 Å². The number of halogens is 1. The number of hydrogen-bond donors (Lipinski definition) is 1. The van der Waals surface area contributed by atoms with Gasteiger partial charge >= 0.3 is 5.97 Å². The number of carbonyl (C=O) groups excluding carboxylic acids is 1. The SMILES string of the molecule is C/C=C/OCO/C(C)=C/C=C/C1CN(CC(=O)N(c2ccc(F)c(C)c2)C(CCC)CCC)C(C)[C@@H]1C(=O)O. The molecule has 0 radical (unpaired) electrons. The van der Waals surface area contributed by atoms with Gasteiger partial charge in [-0.25, -0.2) is 4.39 Å². The van der Waals surface area contributed by atoms with Crippen molar-refractivity contribution >= 4 is 17.6 Å². The Morgan fingerprint density at radius 2 is 1.95 bits per heavy atom. The molecule has 1 saturated heterocycles. The van der Waals surface area contributed by atoms with E-state index < -0.39 is 11.9 Å². The molecule has 1 aromatic carbocycles. The van der Waals surface area contributed by atoms with Gasteiger partial charge in [-0.15, -0.1) is 0 Å². The molecule has 1 N–H and O–H groups in total. The second-order valence-corrected chi connectivity index (χ2v) is 10.2. The molecule has 1 amide bonds. The Balaban J connectivity index is 2.23. The van der Waals surface area contributed by atoms with Crippen LogP contribution >= 0.6 is 0 Å². The lowest BCUT2D eigenvalue weighted by Crippen LogP contribution is -2.47. The number of anilines is 1. The first-order valence-electron chi connectivity index (χ1n) is 13.9. The minimum Gasteiger partial charge on any atom is -0.481 e. The van der Waals surface area contributed by atoms with Gasteiger partial charge in [-0.05, 0) is 70.4 Å². The summed E-state index contributed by atoms with van der Waals surface area (Å²) in [5, 5.41) is 10.00. The van der Waals surface area contributed by atoms with Crippen molar-refractivity contribution in [1.82, 2.24) is 4.90 Å². The summed E-state index contributed by atoms with van der Waals surface area (Å²) in [5.41, 5.74) is 1.17. The summed E-state index contributed by atoms with van der Waals surface area (Å²) in [6.45, 7) is 12.0. The van der Waals surface area contributed by atoms with E-state index in [1.165, 1.54) is 6.07 Å². The quantitative estimate of drug-likeness (QED) is 0.118. The van der Waals surface area contributed by atoms with Crippen molar-refractivity contribution in [2.75, 3.05) is 24.8 Å². The highest BCUT2D eigenvalue weighted by Crippen LogP contribution is 2.32. The standard InChI is InChI=1S/C31H45FN2O5/c1-7-11-26(12-8-2)34(27-15-16-28(32)22(4)18-27)29(35)20-33-19-25(30(24(33)6)31(36)37)14-10-13-23(5)39-21-38-17-9-3/h9-10,13-18,24-26,30H,7-8,11-12,19-21H2,1-6H3,(H,36,37)/b14-10+,17-9+,23-13+/t24?,25?,30-/m0/s1. The van der Waals surface area contributed by atoms with E-state index in [4.69, 9.17) is 9.47 Å². The third-order valence-corrected chi connectivity index (χ3v) is 7.20. The van der Waals surface area contributed by atoms with Crippen LogP contribution in [0.2, 0.25) is 0 Å². The van der Waals surface area contributed by atoms with E-state index in [-0.39, 0.29) is 43.1 Å². The van der Waals surface area contributed by atoms with Gasteiger partial charge in [0, 0.05) is 30.2 Å². The van der Waals surface area contributed by atoms with Crippen LogP contribution in [-0.4, -0.2) is 53.8 Å². The summed E-state index contributed by atoms with van der Waals surface area (Å²) in [6.07, 6.45) is 12.3. The van der Waals surface area contributed by atoms with Crippen molar-refractivity contribution in [2.45, 2.75) is 79.3 Å². The van der Waals surface area contributed by atoms with Crippen molar-refractivity contribution < 1.29 is 28.6 Å². The molecule has 2 unspecified atom stereocenters. The molecule has 39 heavy (non-hydrogen) atoms. The summed E-state index contributed by atoms with van der Waals surface area (Å²) in [6, 6.07) is 4.46. The summed E-state index contributed by atoms with van der Waals surface area (Å²) >= 11 is 0. The number of carboxylic acids is 1. The molecule has 0 bridgehead atoms. The fourth-order valence-electron chi connectivity index (χ4n) is 5.21. The number of amides is 1. The Morgan fingerprint density at radius 3 is 2.54 bits per heavy atom. The smallest absolute Gasteiger partial charge is 0.308 e. The molecule has 7 nitrogen and oxygen atoms in total. The number of rotatable bonds is 15. The van der Waals surface area contributed by atoms with Crippen molar-refractivity contribution in [3.8, 4) is 0 Å². The second kappa shape index (κ2) is 16.1. The lowest BCUT2D eigenvalue weighted by atomic mass is 9.91. The monoisotopic (exact) mass is 544 g/mol. The first-order valence-corrected chi connectivity index (χ1v) is 13.9. The highest BCUT2D eigenvalue weighted by atomic mass is 19.1. The molecule has 2 rings (SSSR count). The highest BCUT2D eigenvalue weighted by Gasteiger charge is 2.43. The van der Waals surface area contributed by atoms with Crippen molar-refractivity contribution in [3.05, 3.63) is 65.9 Å². The zero-order valence-corrected chi connectivity index (χ0v) is 24.2. The van der Waals surface area contributed by atoms with E-state index in [1.54, 1.807) is 50.5 Å². The molecule has 1 heterocycles. The fourth-order valence-corrected chi connectivity index (χ4v) is 5.21. The van der Waals surface area contributed by atoms with Crippen LogP contribution in [0.5, 0.6) is 0 Å². The second-order valence-electron chi connectivity index (χ2n) is 10.2. The van der Waals surface area contributed by atoms with E-state index in [0.717, 1.165) is 25.7 Å². The topological polar surface area (TPSA) is 79.3 Å². The average molecular weight is 545 g/mol. The molecular formula is C31H45FN2O5. The van der Waals surface area contributed by atoms with Crippen molar-refractivity contribution in [2.24, 2.45) is 11.8 Å². The first-order chi connectivity index (χ1) is 18.6. The van der Waals surface area contributed by atoms with Crippen molar-refractivity contribution in [1.29, 1.82) is 0 Å². The Bertz CT molecular complexity index is 1030. The summed E-state index contributed by atoms with van der Waals surface area (Å²) in [4.78, 5) is 29.8. The lowest BCUT2D eigenvalue weighted by Gasteiger charge is -2.34. The first kappa shape index (κ1) is 32.1. The number of carbonyl (C=O) groups is 2. The fraction of sp³-hybridized carbons (Fsp3) is 0.548. The summed E-state index contributed by atoms with van der Waals surface area (Å²) < 4.78 is 24.7. The summed E-state index contributed by atoms with van der Waals surface area (Å²) in [7, 11) is 0. The van der Waals surface area contributed by atoms with Gasteiger partial charge in [-0.3, -0.25) is 14.5 Å². The number of hydrogen-bond acceptors (Lipinski definition) is 5. The Hall–Kier alpha value is -3.13. The van der Waals surface area contributed by atoms with E-state index in [9.17, 15) is 19.1 Å². The molecule has 1 fully saturated rings. The molecular weight excluding hydrogens is 499 g/mol. The molecule has 0 aromatic heterocycles. The molecule has 1 aliphatic rings. The molecule has 0 saturated carbocycles. The van der Waals surface area contributed by atoms with Gasteiger partial charge in [-0.2, -0.15) is 0 Å². The number of likely N-dealkylation sites (tertiary alicyclic amines) is 1. The van der Waals surface area contributed by atoms with Gasteiger partial charge in [0.15, 0.2) is 0 Å². The van der Waals surface area contributed by atoms with Crippen LogP contribution in [0, 0.1) is 24.6 Å².